The van der Waals surface area contributed by atoms with E-state index < -0.39 is 59.8 Å². The van der Waals surface area contributed by atoms with E-state index in [0.717, 1.165) is 135 Å². The maximum Gasteiger partial charge on any atom is 0.397 e. The van der Waals surface area contributed by atoms with E-state index in [4.69, 9.17) is 18.9 Å². The standard InChI is InChI=1S/C65H102O12S/c1-3-5-7-9-11-13-15-17-19-21-23-25-27-29-31-33-35-37-39-41-43-45-47-49-51-53-55-73-57-59(58-74-65-63(69)64(77-78(70,71)72)62(68)60(56-66)76-65)75-61(67)54-52-50-48-46-44-42-40-38-36-34-32-30-28-26-24-22-20-18-16-14-12-10-8-6-4-2/h5-8,11-14,17-20,23-26,29-32,35-38,42,44,59-60,62-66,68-69H,3-4,9-10,15-16,21-22,27-28,33-34,39-41,43,45-58H2,1-2H3,(H,70,71,72)/b7-5-,8-6-,13-11-,14-12-,19-17-,20-18-,25-23-,26-24-,31-29-,32-30-,37-35-,38-36-,44-42-. The number of esters is 1. The van der Waals surface area contributed by atoms with Crippen LogP contribution in [0.4, 0.5) is 0 Å². The van der Waals surface area contributed by atoms with Crippen molar-refractivity contribution >= 4 is 16.4 Å². The zero-order valence-electron chi connectivity index (χ0n) is 47.7. The van der Waals surface area contributed by atoms with E-state index in [-0.39, 0.29) is 19.6 Å². The van der Waals surface area contributed by atoms with Crippen LogP contribution in [0.1, 0.15) is 181 Å². The molecular formula is C65H102O12S. The van der Waals surface area contributed by atoms with Crippen LogP contribution in [-0.2, 0) is 38.3 Å². The number of allylic oxidation sites excluding steroid dienone is 26. The molecule has 0 saturated carbocycles. The Hall–Kier alpha value is -4.28. The Kier molecular flexibility index (Phi) is 49.1. The van der Waals surface area contributed by atoms with Gasteiger partial charge >= 0.3 is 16.4 Å². The largest absolute Gasteiger partial charge is 0.457 e. The summed E-state index contributed by atoms with van der Waals surface area (Å²) in [6.07, 6.45) is 72.7. The molecule has 1 heterocycles. The zero-order valence-corrected chi connectivity index (χ0v) is 48.5. The molecule has 6 atom stereocenters. The van der Waals surface area contributed by atoms with Gasteiger partial charge in [0, 0.05) is 13.0 Å². The van der Waals surface area contributed by atoms with Gasteiger partial charge in [-0.05, 0) is 122 Å². The predicted molar refractivity (Wildman–Crippen MR) is 321 cm³/mol. The number of rotatable bonds is 49. The van der Waals surface area contributed by atoms with Crippen LogP contribution < -0.4 is 0 Å². The van der Waals surface area contributed by atoms with Gasteiger partial charge in [-0.25, -0.2) is 4.18 Å². The van der Waals surface area contributed by atoms with Crippen molar-refractivity contribution in [3.8, 4) is 0 Å². The summed E-state index contributed by atoms with van der Waals surface area (Å²) in [6.45, 7) is 3.67. The average Bonchev–Trinajstić information content (AvgIpc) is 3.46. The summed E-state index contributed by atoms with van der Waals surface area (Å²) in [7, 11) is -5.09. The molecule has 1 rings (SSSR count). The van der Waals surface area contributed by atoms with E-state index in [9.17, 15) is 33.1 Å². The van der Waals surface area contributed by atoms with Crippen molar-refractivity contribution in [1.29, 1.82) is 0 Å². The molecule has 0 aromatic rings. The van der Waals surface area contributed by atoms with Crippen LogP contribution in [0, 0.1) is 0 Å². The molecule has 1 aliphatic rings. The van der Waals surface area contributed by atoms with Gasteiger partial charge in [0.15, 0.2) is 6.29 Å². The first kappa shape index (κ1) is 71.7. The molecule has 1 aliphatic heterocycles. The minimum absolute atomic E-state index is 0.00170. The molecule has 1 saturated heterocycles. The summed E-state index contributed by atoms with van der Waals surface area (Å²) in [6, 6.07) is 0. The predicted octanol–water partition coefficient (Wildman–Crippen LogP) is 15.0. The third kappa shape index (κ3) is 45.6. The van der Waals surface area contributed by atoms with E-state index in [1.807, 2.05) is 0 Å². The van der Waals surface area contributed by atoms with Gasteiger partial charge in [-0.1, -0.05) is 210 Å². The Morgan fingerprint density at radius 2 is 0.846 bits per heavy atom. The molecule has 0 radical (unpaired) electrons. The summed E-state index contributed by atoms with van der Waals surface area (Å²) in [4.78, 5) is 13.0. The molecule has 0 aromatic heterocycles. The highest BCUT2D eigenvalue weighted by atomic mass is 32.3. The molecule has 0 bridgehead atoms. The molecule has 6 unspecified atom stereocenters. The van der Waals surface area contributed by atoms with E-state index >= 15 is 0 Å². The number of carbonyl (C=O) groups is 1. The lowest BCUT2D eigenvalue weighted by Crippen LogP contribution is -2.60. The minimum Gasteiger partial charge on any atom is -0.457 e. The molecular weight excluding hydrogens is 1000 g/mol. The average molecular weight is 1110 g/mol. The minimum atomic E-state index is -5.09. The van der Waals surface area contributed by atoms with Crippen LogP contribution in [0.3, 0.4) is 0 Å². The summed E-state index contributed by atoms with van der Waals surface area (Å²) in [5.74, 6) is -0.442. The summed E-state index contributed by atoms with van der Waals surface area (Å²) >= 11 is 0. The molecule has 0 aliphatic carbocycles. The molecule has 4 N–H and O–H groups in total. The van der Waals surface area contributed by atoms with Gasteiger partial charge in [-0.3, -0.25) is 9.35 Å². The molecule has 12 nitrogen and oxygen atoms in total. The van der Waals surface area contributed by atoms with Crippen molar-refractivity contribution in [3.63, 3.8) is 0 Å². The van der Waals surface area contributed by atoms with E-state index in [0.29, 0.717) is 13.0 Å². The first-order valence-corrected chi connectivity index (χ1v) is 30.6. The Labute approximate surface area is 472 Å². The highest BCUT2D eigenvalue weighted by Gasteiger charge is 2.48. The number of ether oxygens (including phenoxy) is 4. The van der Waals surface area contributed by atoms with Crippen molar-refractivity contribution in [2.75, 3.05) is 26.4 Å². The van der Waals surface area contributed by atoms with Gasteiger partial charge in [-0.15, -0.1) is 0 Å². The van der Waals surface area contributed by atoms with Crippen LogP contribution >= 0.6 is 0 Å². The van der Waals surface area contributed by atoms with Gasteiger partial charge in [-0.2, -0.15) is 8.42 Å². The molecule has 440 valence electrons. The first-order valence-electron chi connectivity index (χ1n) is 29.2. The smallest absolute Gasteiger partial charge is 0.397 e. The highest BCUT2D eigenvalue weighted by Crippen LogP contribution is 2.26. The molecule has 0 aromatic carbocycles. The Bertz CT molecular complexity index is 1950. The van der Waals surface area contributed by atoms with Crippen LogP contribution in [0.25, 0.3) is 0 Å². The van der Waals surface area contributed by atoms with E-state index in [2.05, 4.69) is 176 Å². The van der Waals surface area contributed by atoms with Gasteiger partial charge < -0.3 is 34.3 Å². The number of carbonyl (C=O) groups excluding carboxylic acids is 1. The van der Waals surface area contributed by atoms with Gasteiger partial charge in [0.25, 0.3) is 0 Å². The van der Waals surface area contributed by atoms with Crippen molar-refractivity contribution < 1.29 is 56.2 Å². The lowest BCUT2D eigenvalue weighted by molar-refractivity contribution is -0.301. The lowest BCUT2D eigenvalue weighted by Gasteiger charge is -2.41. The number of aliphatic hydroxyl groups is 3. The number of hydrogen-bond acceptors (Lipinski definition) is 11. The van der Waals surface area contributed by atoms with Crippen molar-refractivity contribution in [2.45, 2.75) is 218 Å². The van der Waals surface area contributed by atoms with Gasteiger partial charge in [0.2, 0.25) is 0 Å². The van der Waals surface area contributed by atoms with E-state index in [1.54, 1.807) is 0 Å². The second-order valence-electron chi connectivity index (χ2n) is 19.1. The third-order valence-electron chi connectivity index (χ3n) is 12.1. The third-order valence-corrected chi connectivity index (χ3v) is 12.6. The monoisotopic (exact) mass is 1110 g/mol. The Morgan fingerprint density at radius 1 is 0.487 bits per heavy atom. The second kappa shape index (κ2) is 53.4. The maximum absolute atomic E-state index is 13.0. The normalized spacial score (nSPS) is 19.6. The first-order chi connectivity index (χ1) is 38.1. The number of hydrogen-bond donors (Lipinski definition) is 4. The van der Waals surface area contributed by atoms with Crippen molar-refractivity contribution in [2.24, 2.45) is 0 Å². The van der Waals surface area contributed by atoms with Gasteiger partial charge in [0.1, 0.15) is 30.5 Å². The quantitative estimate of drug-likeness (QED) is 0.0196. The SMILES string of the molecule is CC/C=C\C/C=C\C/C=C\C/C=C\C/C=C\C/C=C\C/C=C\CCCCCC(=O)OC(COCCCCCCCCC/C=C\C/C=C\C/C=C\C/C=C\C/C=C\C/C=C\CC)COC1OC(CO)C(O)C(OS(=O)(=O)O)C1O. The molecule has 13 heteroatoms. The van der Waals surface area contributed by atoms with E-state index in [1.165, 1.54) is 19.3 Å². The zero-order chi connectivity index (χ0) is 56.7. The second-order valence-corrected chi connectivity index (χ2v) is 20.2. The van der Waals surface area contributed by atoms with Gasteiger partial charge in [0.05, 0.1) is 19.8 Å². The fraction of sp³-hybridized carbons (Fsp3) is 0.585. The molecule has 0 amide bonds. The van der Waals surface area contributed by atoms with Crippen LogP contribution in [0.5, 0.6) is 0 Å². The number of unbranched alkanes of at least 4 members (excludes halogenated alkanes) is 10. The van der Waals surface area contributed by atoms with Crippen LogP contribution in [-0.4, -0.2) is 97.5 Å². The highest BCUT2D eigenvalue weighted by molar-refractivity contribution is 7.80. The fourth-order valence-corrected chi connectivity index (χ4v) is 8.34. The Morgan fingerprint density at radius 3 is 1.23 bits per heavy atom. The summed E-state index contributed by atoms with van der Waals surface area (Å²) in [5, 5.41) is 30.9. The molecule has 78 heavy (non-hydrogen) atoms. The van der Waals surface area contributed by atoms with Crippen molar-refractivity contribution in [1.82, 2.24) is 0 Å². The molecule has 0 spiro atoms. The summed E-state index contributed by atoms with van der Waals surface area (Å²) in [5.41, 5.74) is 0. The fourth-order valence-electron chi connectivity index (χ4n) is 7.83. The molecule has 1 fully saturated rings. The lowest BCUT2D eigenvalue weighted by atomic mass is 9.99. The summed E-state index contributed by atoms with van der Waals surface area (Å²) < 4.78 is 59.4. The topological polar surface area (TPSA) is 178 Å². The number of aliphatic hydroxyl groups excluding tert-OH is 3. The van der Waals surface area contributed by atoms with Crippen LogP contribution in [0.15, 0.2) is 158 Å². The maximum atomic E-state index is 13.0. The van der Waals surface area contributed by atoms with Crippen molar-refractivity contribution in [3.05, 3.63) is 158 Å². The van der Waals surface area contributed by atoms with Crippen LogP contribution in [0.2, 0.25) is 0 Å². The Balaban J connectivity index is 2.37.